The summed E-state index contributed by atoms with van der Waals surface area (Å²) in [4.78, 5) is 7.20. The van der Waals surface area contributed by atoms with Crippen molar-refractivity contribution in [2.75, 3.05) is 27.3 Å². The summed E-state index contributed by atoms with van der Waals surface area (Å²) in [7, 11) is -0.241. The summed E-state index contributed by atoms with van der Waals surface area (Å²) in [6, 6.07) is 1.67. The molecule has 0 spiro atoms. The van der Waals surface area contributed by atoms with Gasteiger partial charge < -0.3 is 19.6 Å². The number of aromatic amines is 1. The smallest absolute Gasteiger partial charge is 0.274 e. The van der Waals surface area contributed by atoms with E-state index in [0.717, 1.165) is 0 Å². The van der Waals surface area contributed by atoms with Crippen molar-refractivity contribution in [1.29, 1.82) is 0 Å². The van der Waals surface area contributed by atoms with E-state index in [1.54, 1.807) is 0 Å². The normalized spacial score (nSPS) is 13.3. The molecule has 0 saturated heterocycles. The van der Waals surface area contributed by atoms with Gasteiger partial charge in [0.05, 0.1) is 6.61 Å². The Kier molecular flexibility index (Phi) is 5.88. The molecule has 0 aliphatic heterocycles. The first-order chi connectivity index (χ1) is 11.0. The predicted octanol–water partition coefficient (Wildman–Crippen LogP) is 0.140. The lowest BCUT2D eigenvalue weighted by molar-refractivity contribution is 0.204. The van der Waals surface area contributed by atoms with Crippen LogP contribution in [0.5, 0.6) is 0 Å². The summed E-state index contributed by atoms with van der Waals surface area (Å²) in [6.07, 6.45) is 2.00. The molecule has 2 aromatic heterocycles. The average molecular weight is 343 g/mol. The van der Waals surface area contributed by atoms with Crippen molar-refractivity contribution in [2.45, 2.75) is 24.3 Å². The second-order valence-corrected chi connectivity index (χ2v) is 6.82. The Bertz CT molecular complexity index is 724. The zero-order chi connectivity index (χ0) is 16.9. The maximum absolute atomic E-state index is 12.1. The third kappa shape index (κ3) is 4.61. The van der Waals surface area contributed by atoms with Crippen LogP contribution in [-0.4, -0.2) is 56.9 Å². The summed E-state index contributed by atoms with van der Waals surface area (Å²) < 4.78 is 36.6. The van der Waals surface area contributed by atoms with Crippen LogP contribution in [0.15, 0.2) is 21.7 Å². The lowest BCUT2D eigenvalue weighted by Gasteiger charge is -2.04. The van der Waals surface area contributed by atoms with Gasteiger partial charge in [-0.3, -0.25) is 0 Å². The third-order valence-corrected chi connectivity index (χ3v) is 4.69. The highest BCUT2D eigenvalue weighted by molar-refractivity contribution is 7.89. The zero-order valence-corrected chi connectivity index (χ0v) is 14.1. The maximum Gasteiger partial charge on any atom is 0.274 e. The van der Waals surface area contributed by atoms with Crippen LogP contribution in [0.25, 0.3) is 11.6 Å². The van der Waals surface area contributed by atoms with E-state index in [1.807, 2.05) is 14.0 Å². The number of nitrogens with zero attached hydrogens (tertiary/aromatic N) is 2. The lowest BCUT2D eigenvalue weighted by Crippen LogP contribution is -2.26. The van der Waals surface area contributed by atoms with Gasteiger partial charge in [0, 0.05) is 32.3 Å². The number of hydrogen-bond acceptors (Lipinski definition) is 7. The van der Waals surface area contributed by atoms with Crippen molar-refractivity contribution >= 4 is 10.0 Å². The summed E-state index contributed by atoms with van der Waals surface area (Å²) in [5, 5.41) is 6.97. The van der Waals surface area contributed by atoms with Gasteiger partial charge in [-0.2, -0.15) is 4.98 Å². The number of methoxy groups -OCH3 is 1. The molecule has 3 N–H and O–H groups in total. The number of rotatable bonds is 9. The van der Waals surface area contributed by atoms with Gasteiger partial charge in [0.2, 0.25) is 10.0 Å². The van der Waals surface area contributed by atoms with Crippen LogP contribution < -0.4 is 10.0 Å². The minimum absolute atomic E-state index is 0.104. The fourth-order valence-electron chi connectivity index (χ4n) is 1.84. The fourth-order valence-corrected chi connectivity index (χ4v) is 2.84. The zero-order valence-electron chi connectivity index (χ0n) is 13.3. The Balaban J connectivity index is 2.10. The SMILES string of the molecule is CNC(C)Cc1noc(-c2cc(S(=O)(=O)NCCOC)c[nH]2)n1. The minimum atomic E-state index is -3.60. The van der Waals surface area contributed by atoms with E-state index in [2.05, 4.69) is 25.2 Å². The van der Waals surface area contributed by atoms with Crippen molar-refractivity contribution in [3.8, 4) is 11.6 Å². The fraction of sp³-hybridized carbons (Fsp3) is 0.538. The minimum Gasteiger partial charge on any atom is -0.383 e. The Labute approximate surface area is 134 Å². The average Bonchev–Trinajstić information content (AvgIpc) is 3.16. The van der Waals surface area contributed by atoms with Crippen LogP contribution in [0.3, 0.4) is 0 Å². The highest BCUT2D eigenvalue weighted by Crippen LogP contribution is 2.20. The first-order valence-corrected chi connectivity index (χ1v) is 8.62. The second-order valence-electron chi connectivity index (χ2n) is 5.05. The maximum atomic E-state index is 12.1. The van der Waals surface area contributed by atoms with Gasteiger partial charge in [0.25, 0.3) is 5.89 Å². The first-order valence-electron chi connectivity index (χ1n) is 7.13. The molecule has 2 heterocycles. The summed E-state index contributed by atoms with van der Waals surface area (Å²) in [6.45, 7) is 2.50. The van der Waals surface area contributed by atoms with Crippen molar-refractivity contribution in [3.63, 3.8) is 0 Å². The van der Waals surface area contributed by atoms with Crippen molar-refractivity contribution in [3.05, 3.63) is 18.1 Å². The van der Waals surface area contributed by atoms with E-state index in [0.29, 0.717) is 24.5 Å². The molecule has 1 unspecified atom stereocenters. The molecule has 9 nitrogen and oxygen atoms in total. The van der Waals surface area contributed by atoms with Gasteiger partial charge in [-0.25, -0.2) is 13.1 Å². The second kappa shape index (κ2) is 7.68. The van der Waals surface area contributed by atoms with E-state index >= 15 is 0 Å². The molecular weight excluding hydrogens is 322 g/mol. The van der Waals surface area contributed by atoms with Crippen LogP contribution in [0.2, 0.25) is 0 Å². The Hall–Kier alpha value is -1.75. The molecular formula is C13H21N5O4S. The van der Waals surface area contributed by atoms with Gasteiger partial charge >= 0.3 is 0 Å². The molecule has 0 aliphatic rings. The van der Waals surface area contributed by atoms with Crippen molar-refractivity contribution in [2.24, 2.45) is 0 Å². The topological polar surface area (TPSA) is 122 Å². The van der Waals surface area contributed by atoms with E-state index in [-0.39, 0.29) is 23.4 Å². The van der Waals surface area contributed by atoms with Crippen LogP contribution in [0.1, 0.15) is 12.7 Å². The molecule has 1 atom stereocenters. The van der Waals surface area contributed by atoms with E-state index < -0.39 is 10.0 Å². The van der Waals surface area contributed by atoms with Crippen LogP contribution in [-0.2, 0) is 21.2 Å². The van der Waals surface area contributed by atoms with E-state index in [4.69, 9.17) is 9.26 Å². The number of sulfonamides is 1. The summed E-state index contributed by atoms with van der Waals surface area (Å²) >= 11 is 0. The highest BCUT2D eigenvalue weighted by atomic mass is 32.2. The summed E-state index contributed by atoms with van der Waals surface area (Å²) in [5.41, 5.74) is 0.452. The Morgan fingerprint density at radius 1 is 1.48 bits per heavy atom. The van der Waals surface area contributed by atoms with E-state index in [9.17, 15) is 8.42 Å². The van der Waals surface area contributed by atoms with Gasteiger partial charge in [-0.15, -0.1) is 0 Å². The molecule has 2 rings (SSSR count). The number of nitrogens with one attached hydrogen (secondary N) is 3. The van der Waals surface area contributed by atoms with Gasteiger partial charge in [0.15, 0.2) is 5.82 Å². The summed E-state index contributed by atoms with van der Waals surface area (Å²) in [5.74, 6) is 0.806. The van der Waals surface area contributed by atoms with Crippen molar-refractivity contribution in [1.82, 2.24) is 25.2 Å². The van der Waals surface area contributed by atoms with E-state index in [1.165, 1.54) is 19.4 Å². The molecule has 0 amide bonds. The largest absolute Gasteiger partial charge is 0.383 e. The Morgan fingerprint density at radius 3 is 2.96 bits per heavy atom. The molecule has 0 bridgehead atoms. The number of aromatic nitrogens is 3. The Morgan fingerprint density at radius 2 is 2.26 bits per heavy atom. The van der Waals surface area contributed by atoms with Crippen molar-refractivity contribution < 1.29 is 17.7 Å². The number of hydrogen-bond donors (Lipinski definition) is 3. The lowest BCUT2D eigenvalue weighted by atomic mass is 10.2. The first kappa shape index (κ1) is 17.6. The number of ether oxygens (including phenoxy) is 1. The molecule has 2 aromatic rings. The number of H-pyrrole nitrogens is 1. The monoisotopic (exact) mass is 343 g/mol. The quantitative estimate of drug-likeness (QED) is 0.554. The molecule has 0 saturated carbocycles. The van der Waals surface area contributed by atoms with Gasteiger partial charge in [0.1, 0.15) is 10.6 Å². The molecule has 0 radical (unpaired) electrons. The molecule has 0 aliphatic carbocycles. The molecule has 0 aromatic carbocycles. The highest BCUT2D eigenvalue weighted by Gasteiger charge is 2.18. The molecule has 128 valence electrons. The molecule has 23 heavy (non-hydrogen) atoms. The third-order valence-electron chi connectivity index (χ3n) is 3.25. The van der Waals surface area contributed by atoms with Crippen LogP contribution in [0.4, 0.5) is 0 Å². The van der Waals surface area contributed by atoms with Gasteiger partial charge in [-0.1, -0.05) is 5.16 Å². The van der Waals surface area contributed by atoms with Crippen LogP contribution in [0, 0.1) is 0 Å². The standard InChI is InChI=1S/C13H21N5O4S/c1-9(14-2)6-12-17-13(22-18-12)11-7-10(8-15-11)23(19,20)16-4-5-21-3/h7-9,14-16H,4-6H2,1-3H3. The van der Waals surface area contributed by atoms with Crippen LogP contribution >= 0.6 is 0 Å². The number of likely N-dealkylation sites (N-methyl/N-ethyl adjacent to an activating group) is 1. The molecule has 10 heteroatoms. The molecule has 0 fully saturated rings. The predicted molar refractivity (Wildman–Crippen MR) is 83.4 cm³/mol. The van der Waals surface area contributed by atoms with Gasteiger partial charge in [-0.05, 0) is 20.0 Å².